The van der Waals surface area contributed by atoms with Crippen LogP contribution in [-0.4, -0.2) is 18.6 Å². The van der Waals surface area contributed by atoms with Crippen LogP contribution < -0.4 is 11.1 Å². The van der Waals surface area contributed by atoms with Gasteiger partial charge in [-0.25, -0.2) is 0 Å². The van der Waals surface area contributed by atoms with E-state index in [4.69, 9.17) is 5.73 Å². The van der Waals surface area contributed by atoms with Gasteiger partial charge in [0.1, 0.15) is 0 Å². The summed E-state index contributed by atoms with van der Waals surface area (Å²) >= 11 is 0. The lowest BCUT2D eigenvalue weighted by Crippen LogP contribution is -2.44. The molecule has 13 heavy (non-hydrogen) atoms. The van der Waals surface area contributed by atoms with E-state index >= 15 is 0 Å². The molecule has 1 saturated carbocycles. The van der Waals surface area contributed by atoms with Crippen molar-refractivity contribution in [3.8, 4) is 0 Å². The molecule has 3 unspecified atom stereocenters. The van der Waals surface area contributed by atoms with Crippen LogP contribution >= 0.6 is 0 Å². The third-order valence-electron chi connectivity index (χ3n) is 3.62. The lowest BCUT2D eigenvalue weighted by atomic mass is 9.85. The van der Waals surface area contributed by atoms with Crippen LogP contribution in [0.5, 0.6) is 0 Å². The molecule has 78 valence electrons. The molecule has 0 aromatic rings. The second-order valence-corrected chi connectivity index (χ2v) is 4.84. The van der Waals surface area contributed by atoms with E-state index in [1.54, 1.807) is 0 Å². The molecule has 0 aromatic carbocycles. The molecule has 1 fully saturated rings. The fourth-order valence-electron chi connectivity index (χ4n) is 2.03. The maximum absolute atomic E-state index is 6.10. The first kappa shape index (κ1) is 11.0. The number of nitrogens with one attached hydrogen (secondary N) is 1. The molecule has 2 nitrogen and oxygen atoms in total. The zero-order valence-corrected chi connectivity index (χ0v) is 9.27. The highest BCUT2D eigenvalue weighted by molar-refractivity contribution is 4.93. The van der Waals surface area contributed by atoms with Gasteiger partial charge in [0.2, 0.25) is 0 Å². The number of hydrogen-bond acceptors (Lipinski definition) is 2. The summed E-state index contributed by atoms with van der Waals surface area (Å²) in [6, 6.07) is 1.04. The van der Waals surface area contributed by atoms with Gasteiger partial charge in [-0.15, -0.1) is 0 Å². The monoisotopic (exact) mass is 184 g/mol. The average molecular weight is 184 g/mol. The highest BCUT2D eigenvalue weighted by Crippen LogP contribution is 2.35. The minimum atomic E-state index is 0.351. The van der Waals surface area contributed by atoms with Crippen molar-refractivity contribution >= 4 is 0 Å². The predicted molar refractivity (Wildman–Crippen MR) is 57.7 cm³/mol. The molecule has 0 saturated heterocycles. The van der Waals surface area contributed by atoms with Gasteiger partial charge in [-0.1, -0.05) is 20.3 Å². The van der Waals surface area contributed by atoms with E-state index in [1.165, 1.54) is 25.7 Å². The Labute approximate surface area is 82.3 Å². The van der Waals surface area contributed by atoms with Crippen molar-refractivity contribution in [2.24, 2.45) is 11.1 Å². The topological polar surface area (TPSA) is 38.0 Å². The second kappa shape index (κ2) is 4.43. The molecule has 0 aliphatic heterocycles. The van der Waals surface area contributed by atoms with Gasteiger partial charge in [0.15, 0.2) is 0 Å². The quantitative estimate of drug-likeness (QED) is 0.700. The van der Waals surface area contributed by atoms with Gasteiger partial charge >= 0.3 is 0 Å². The lowest BCUT2D eigenvalue weighted by molar-refractivity contribution is 0.266. The maximum Gasteiger partial charge on any atom is 0.0105 e. The van der Waals surface area contributed by atoms with Crippen LogP contribution in [0.3, 0.4) is 0 Å². The Hall–Kier alpha value is -0.0800. The first-order valence-corrected chi connectivity index (χ1v) is 5.57. The third kappa shape index (κ3) is 2.68. The molecule has 0 bridgehead atoms. The van der Waals surface area contributed by atoms with Crippen molar-refractivity contribution in [3.05, 3.63) is 0 Å². The Morgan fingerprint density at radius 3 is 2.77 bits per heavy atom. The van der Waals surface area contributed by atoms with Gasteiger partial charge < -0.3 is 11.1 Å². The van der Waals surface area contributed by atoms with Gasteiger partial charge in [-0.2, -0.15) is 0 Å². The largest absolute Gasteiger partial charge is 0.327 e. The van der Waals surface area contributed by atoms with Crippen molar-refractivity contribution in [2.45, 2.75) is 58.5 Å². The smallest absolute Gasteiger partial charge is 0.0105 e. The first-order valence-electron chi connectivity index (χ1n) is 5.57. The summed E-state index contributed by atoms with van der Waals surface area (Å²) in [5, 5.41) is 3.57. The van der Waals surface area contributed by atoms with Crippen LogP contribution in [0.15, 0.2) is 0 Å². The molecule has 1 rings (SSSR count). The summed E-state index contributed by atoms with van der Waals surface area (Å²) in [5.41, 5.74) is 6.45. The lowest BCUT2D eigenvalue weighted by Gasteiger charge is -2.30. The number of hydrogen-bond donors (Lipinski definition) is 2. The molecule has 3 atom stereocenters. The Morgan fingerprint density at radius 1 is 1.62 bits per heavy atom. The normalized spacial score (nSPS) is 36.5. The molecule has 1 aliphatic carbocycles. The number of nitrogens with two attached hydrogens (primary N) is 1. The van der Waals surface area contributed by atoms with Crippen LogP contribution in [0.4, 0.5) is 0 Å². The predicted octanol–water partition coefficient (Wildman–Crippen LogP) is 1.89. The Balaban J connectivity index is 2.34. The molecule has 0 radical (unpaired) electrons. The molecule has 0 spiro atoms. The summed E-state index contributed by atoms with van der Waals surface area (Å²) in [7, 11) is 0. The summed E-state index contributed by atoms with van der Waals surface area (Å²) in [6.07, 6.45) is 5.00. The van der Waals surface area contributed by atoms with E-state index in [2.05, 4.69) is 26.1 Å². The van der Waals surface area contributed by atoms with Gasteiger partial charge in [-0.3, -0.25) is 0 Å². The summed E-state index contributed by atoms with van der Waals surface area (Å²) in [4.78, 5) is 0. The van der Waals surface area contributed by atoms with Crippen molar-refractivity contribution in [1.82, 2.24) is 5.32 Å². The van der Waals surface area contributed by atoms with Gasteiger partial charge in [0, 0.05) is 18.6 Å². The van der Waals surface area contributed by atoms with Crippen molar-refractivity contribution in [2.75, 3.05) is 6.54 Å². The SMILES string of the molecule is CCC(C)NCC1(C)CCCC1N. The fourth-order valence-corrected chi connectivity index (χ4v) is 2.03. The molecular formula is C11H24N2. The van der Waals surface area contributed by atoms with Crippen LogP contribution in [0.25, 0.3) is 0 Å². The molecule has 3 N–H and O–H groups in total. The fraction of sp³-hybridized carbons (Fsp3) is 1.00. The first-order chi connectivity index (χ1) is 6.08. The van der Waals surface area contributed by atoms with Crippen LogP contribution in [0.1, 0.15) is 46.5 Å². The Kier molecular flexibility index (Phi) is 3.74. The Bertz CT molecular complexity index is 158. The highest BCUT2D eigenvalue weighted by atomic mass is 14.9. The van der Waals surface area contributed by atoms with Crippen molar-refractivity contribution in [1.29, 1.82) is 0 Å². The van der Waals surface area contributed by atoms with Crippen LogP contribution in [0.2, 0.25) is 0 Å². The van der Waals surface area contributed by atoms with E-state index < -0.39 is 0 Å². The Morgan fingerprint density at radius 2 is 2.31 bits per heavy atom. The average Bonchev–Trinajstić information content (AvgIpc) is 2.44. The van der Waals surface area contributed by atoms with Crippen LogP contribution in [-0.2, 0) is 0 Å². The van der Waals surface area contributed by atoms with Crippen LogP contribution in [0, 0.1) is 5.41 Å². The minimum absolute atomic E-state index is 0.351. The van der Waals surface area contributed by atoms with Gasteiger partial charge in [0.05, 0.1) is 0 Å². The summed E-state index contributed by atoms with van der Waals surface area (Å²) in [5.74, 6) is 0. The van der Waals surface area contributed by atoms with E-state index in [9.17, 15) is 0 Å². The van der Waals surface area contributed by atoms with Crippen molar-refractivity contribution < 1.29 is 0 Å². The molecule has 1 aliphatic rings. The standard InChI is InChI=1S/C11H24N2/c1-4-9(2)13-8-11(3)7-5-6-10(11)12/h9-10,13H,4-8,12H2,1-3H3. The third-order valence-corrected chi connectivity index (χ3v) is 3.62. The van der Waals surface area contributed by atoms with E-state index in [1.807, 2.05) is 0 Å². The molecule has 0 aromatic heterocycles. The molecule has 0 heterocycles. The zero-order valence-electron chi connectivity index (χ0n) is 9.27. The molecule has 2 heteroatoms. The summed E-state index contributed by atoms with van der Waals surface area (Å²) < 4.78 is 0. The van der Waals surface area contributed by atoms with E-state index in [-0.39, 0.29) is 0 Å². The van der Waals surface area contributed by atoms with Gasteiger partial charge in [-0.05, 0) is 31.6 Å². The van der Waals surface area contributed by atoms with E-state index in [0.29, 0.717) is 17.5 Å². The van der Waals surface area contributed by atoms with Crippen molar-refractivity contribution in [3.63, 3.8) is 0 Å². The van der Waals surface area contributed by atoms with Gasteiger partial charge in [0.25, 0.3) is 0 Å². The van der Waals surface area contributed by atoms with E-state index in [0.717, 1.165) is 6.54 Å². The molecular weight excluding hydrogens is 160 g/mol. The zero-order chi connectivity index (χ0) is 9.90. The maximum atomic E-state index is 6.10. The highest BCUT2D eigenvalue weighted by Gasteiger charge is 2.35. The second-order valence-electron chi connectivity index (χ2n) is 4.84. The number of rotatable bonds is 4. The summed E-state index contributed by atoms with van der Waals surface area (Å²) in [6.45, 7) is 7.86. The molecule has 0 amide bonds. The minimum Gasteiger partial charge on any atom is -0.327 e.